The summed E-state index contributed by atoms with van der Waals surface area (Å²) < 4.78 is 0. The topological polar surface area (TPSA) is 113 Å². The molecule has 114 valence electrons. The highest BCUT2D eigenvalue weighted by atomic mass is 16.2. The maximum absolute atomic E-state index is 11.7. The summed E-state index contributed by atoms with van der Waals surface area (Å²) in [5.74, 6) is -0.909. The molecule has 0 heterocycles. The van der Waals surface area contributed by atoms with Gasteiger partial charge in [-0.1, -0.05) is 0 Å². The molecule has 0 spiro atoms. The van der Waals surface area contributed by atoms with E-state index >= 15 is 0 Å². The van der Waals surface area contributed by atoms with E-state index in [-0.39, 0.29) is 24.9 Å². The Morgan fingerprint density at radius 3 is 2.43 bits per heavy atom. The summed E-state index contributed by atoms with van der Waals surface area (Å²) in [4.78, 5) is 34.3. The zero-order valence-corrected chi connectivity index (χ0v) is 12.2. The van der Waals surface area contributed by atoms with Crippen LogP contribution in [0.2, 0.25) is 0 Å². The number of anilines is 1. The highest BCUT2D eigenvalue weighted by molar-refractivity contribution is 5.97. The van der Waals surface area contributed by atoms with Gasteiger partial charge in [0.15, 0.2) is 0 Å². The molecule has 0 atom stereocenters. The van der Waals surface area contributed by atoms with Gasteiger partial charge in [-0.15, -0.1) is 0 Å². The minimum atomic E-state index is -0.395. The minimum absolute atomic E-state index is 0.145. The number of carbonyl (C=O) groups excluding carboxylic acids is 3. The molecule has 0 unspecified atom stereocenters. The fourth-order valence-corrected chi connectivity index (χ4v) is 1.65. The van der Waals surface area contributed by atoms with Crippen LogP contribution in [0, 0.1) is 6.92 Å². The number of nitrogens with two attached hydrogens (primary N) is 1. The van der Waals surface area contributed by atoms with Gasteiger partial charge in [0.05, 0.1) is 13.1 Å². The molecule has 0 radical (unpaired) electrons. The Morgan fingerprint density at radius 2 is 1.86 bits per heavy atom. The first kappa shape index (κ1) is 16.6. The lowest BCUT2D eigenvalue weighted by Crippen LogP contribution is -2.36. The minimum Gasteiger partial charge on any atom is -0.352 e. The second-order valence-electron chi connectivity index (χ2n) is 4.42. The normalized spacial score (nSPS) is 9.86. The molecule has 7 heteroatoms. The third kappa shape index (κ3) is 5.23. The van der Waals surface area contributed by atoms with Crippen molar-refractivity contribution in [2.45, 2.75) is 13.8 Å². The van der Waals surface area contributed by atoms with Crippen LogP contribution in [0.25, 0.3) is 0 Å². The van der Waals surface area contributed by atoms with Crippen LogP contribution in [0.5, 0.6) is 0 Å². The fourth-order valence-electron chi connectivity index (χ4n) is 1.65. The van der Waals surface area contributed by atoms with Crippen LogP contribution in [0.3, 0.4) is 0 Å². The van der Waals surface area contributed by atoms with E-state index in [0.29, 0.717) is 17.8 Å². The molecule has 1 rings (SSSR count). The average Bonchev–Trinajstić information content (AvgIpc) is 2.47. The Labute approximate surface area is 123 Å². The summed E-state index contributed by atoms with van der Waals surface area (Å²) in [6, 6.07) is 4.98. The Hall–Kier alpha value is -2.41. The van der Waals surface area contributed by atoms with Gasteiger partial charge in [0.1, 0.15) is 0 Å². The van der Waals surface area contributed by atoms with E-state index in [0.717, 1.165) is 5.56 Å². The van der Waals surface area contributed by atoms with Gasteiger partial charge in [-0.3, -0.25) is 14.4 Å². The van der Waals surface area contributed by atoms with Crippen LogP contribution in [0.4, 0.5) is 5.69 Å². The molecule has 0 bridgehead atoms. The maximum Gasteiger partial charge on any atom is 0.251 e. The summed E-state index contributed by atoms with van der Waals surface area (Å²) in [7, 11) is 0. The molecule has 5 N–H and O–H groups in total. The largest absolute Gasteiger partial charge is 0.352 e. The Bertz CT molecular complexity index is 543. The van der Waals surface area contributed by atoms with Gasteiger partial charge in [0.2, 0.25) is 11.8 Å². The summed E-state index contributed by atoms with van der Waals surface area (Å²) in [6.07, 6.45) is 0. The number of aryl methyl sites for hydroxylation is 1. The van der Waals surface area contributed by atoms with Crippen molar-refractivity contribution in [2.75, 3.05) is 25.0 Å². The van der Waals surface area contributed by atoms with Crippen molar-refractivity contribution in [3.63, 3.8) is 0 Å². The molecule has 21 heavy (non-hydrogen) atoms. The second kappa shape index (κ2) is 8.01. The third-order valence-corrected chi connectivity index (χ3v) is 2.73. The first-order valence-corrected chi connectivity index (χ1v) is 6.63. The van der Waals surface area contributed by atoms with E-state index < -0.39 is 5.91 Å². The molecule has 0 fully saturated rings. The Balaban J connectivity index is 2.66. The van der Waals surface area contributed by atoms with Crippen LogP contribution in [0.15, 0.2) is 18.2 Å². The molecule has 0 aliphatic heterocycles. The lowest BCUT2D eigenvalue weighted by Gasteiger charge is -2.10. The van der Waals surface area contributed by atoms with Gasteiger partial charge < -0.3 is 21.7 Å². The first-order chi connectivity index (χ1) is 9.97. The lowest BCUT2D eigenvalue weighted by atomic mass is 10.1. The van der Waals surface area contributed by atoms with Crippen LogP contribution in [-0.2, 0) is 9.59 Å². The Morgan fingerprint density at radius 1 is 1.14 bits per heavy atom. The predicted octanol–water partition coefficient (Wildman–Crippen LogP) is -0.242. The van der Waals surface area contributed by atoms with Gasteiger partial charge in [-0.2, -0.15) is 0 Å². The summed E-state index contributed by atoms with van der Waals surface area (Å²) in [5.41, 5.74) is 7.01. The second-order valence-corrected chi connectivity index (χ2v) is 4.42. The van der Waals surface area contributed by atoms with Crippen molar-refractivity contribution in [1.29, 1.82) is 0 Å². The first-order valence-electron chi connectivity index (χ1n) is 6.63. The molecular weight excluding hydrogens is 272 g/mol. The molecule has 1 aromatic rings. The number of nitrogens with one attached hydrogen (secondary N) is 3. The van der Waals surface area contributed by atoms with Crippen LogP contribution < -0.4 is 21.7 Å². The molecule has 1 aromatic carbocycles. The molecule has 0 aliphatic carbocycles. The molecule has 7 nitrogen and oxygen atoms in total. The molecular formula is C14H20N4O3. The van der Waals surface area contributed by atoms with Gasteiger partial charge in [-0.05, 0) is 37.6 Å². The van der Waals surface area contributed by atoms with Crippen LogP contribution in [0.1, 0.15) is 22.8 Å². The number of amides is 3. The van der Waals surface area contributed by atoms with Crippen molar-refractivity contribution in [1.82, 2.24) is 10.6 Å². The quantitative estimate of drug-likeness (QED) is 0.579. The Kier molecular flexibility index (Phi) is 6.35. The zero-order valence-electron chi connectivity index (χ0n) is 12.2. The highest BCUT2D eigenvalue weighted by Crippen LogP contribution is 2.16. The van der Waals surface area contributed by atoms with E-state index in [2.05, 4.69) is 16.0 Å². The lowest BCUT2D eigenvalue weighted by molar-refractivity contribution is -0.123. The van der Waals surface area contributed by atoms with Gasteiger partial charge in [-0.25, -0.2) is 0 Å². The van der Waals surface area contributed by atoms with E-state index in [1.807, 2.05) is 6.92 Å². The number of benzene rings is 1. The fraction of sp³-hybridized carbons (Fsp3) is 0.357. The molecule has 0 aliphatic rings. The van der Waals surface area contributed by atoms with Crippen molar-refractivity contribution < 1.29 is 14.4 Å². The molecule has 0 saturated carbocycles. The van der Waals surface area contributed by atoms with Crippen molar-refractivity contribution in [2.24, 2.45) is 5.73 Å². The van der Waals surface area contributed by atoms with Crippen molar-refractivity contribution in [3.8, 4) is 0 Å². The van der Waals surface area contributed by atoms with E-state index in [9.17, 15) is 14.4 Å². The average molecular weight is 292 g/mol. The summed E-state index contributed by atoms with van der Waals surface area (Å²) in [6.45, 7) is 3.88. The molecule has 0 aromatic heterocycles. The monoisotopic (exact) mass is 292 g/mol. The molecule has 3 amide bonds. The number of carbonyl (C=O) groups is 3. The standard InChI is InChI=1S/C14H20N4O3/c1-3-16-14(21)10-4-5-11(9(2)6-10)18-13(20)8-17-12(19)7-15/h4-6H,3,7-8,15H2,1-2H3,(H,16,21)(H,17,19)(H,18,20). The number of rotatable bonds is 6. The summed E-state index contributed by atoms with van der Waals surface area (Å²) >= 11 is 0. The predicted molar refractivity (Wildman–Crippen MR) is 79.9 cm³/mol. The van der Waals surface area contributed by atoms with Gasteiger partial charge in [0, 0.05) is 17.8 Å². The zero-order chi connectivity index (χ0) is 15.8. The van der Waals surface area contributed by atoms with E-state index in [4.69, 9.17) is 5.73 Å². The highest BCUT2D eigenvalue weighted by Gasteiger charge is 2.09. The van der Waals surface area contributed by atoms with Crippen LogP contribution >= 0.6 is 0 Å². The molecule has 0 saturated heterocycles. The SMILES string of the molecule is CCNC(=O)c1ccc(NC(=O)CNC(=O)CN)c(C)c1. The van der Waals surface area contributed by atoms with Crippen LogP contribution in [-0.4, -0.2) is 37.4 Å². The van der Waals surface area contributed by atoms with Crippen molar-refractivity contribution in [3.05, 3.63) is 29.3 Å². The van der Waals surface area contributed by atoms with Gasteiger partial charge >= 0.3 is 0 Å². The third-order valence-electron chi connectivity index (χ3n) is 2.73. The van der Waals surface area contributed by atoms with E-state index in [1.54, 1.807) is 25.1 Å². The number of hydrogen-bond acceptors (Lipinski definition) is 4. The smallest absolute Gasteiger partial charge is 0.251 e. The van der Waals surface area contributed by atoms with E-state index in [1.165, 1.54) is 0 Å². The maximum atomic E-state index is 11.7. The van der Waals surface area contributed by atoms with Crippen molar-refractivity contribution >= 4 is 23.4 Å². The van der Waals surface area contributed by atoms with Gasteiger partial charge in [0.25, 0.3) is 5.91 Å². The summed E-state index contributed by atoms with van der Waals surface area (Å²) in [5, 5.41) is 7.74. The number of hydrogen-bond donors (Lipinski definition) is 4.